The van der Waals surface area contributed by atoms with Crippen LogP contribution in [0.15, 0.2) is 48.5 Å². The smallest absolute Gasteiger partial charge is 0.227 e. The van der Waals surface area contributed by atoms with Crippen LogP contribution >= 0.6 is 0 Å². The van der Waals surface area contributed by atoms with E-state index in [2.05, 4.69) is 40.9 Å². The fourth-order valence-corrected chi connectivity index (χ4v) is 4.92. The topological polar surface area (TPSA) is 118 Å². The molecule has 0 fully saturated rings. The van der Waals surface area contributed by atoms with Gasteiger partial charge in [0.25, 0.3) is 0 Å². The Morgan fingerprint density at radius 2 is 1.64 bits per heavy atom. The standard InChI is InChI=1S/C32H42N6O4/c1-22(2)28(39)15-19-42-20-17-34-29(40)13-14-30(41)37-21-24-9-5-6-10-25(24)32-31(26-11-7-8-12-27(26)37)35-36-38(32)18-16-33-23(3)4/h5-12,22-23,33H,13-21H2,1-4H3,(H,34,40). The number of hydrogen-bond donors (Lipinski definition) is 2. The second kappa shape index (κ2) is 14.8. The van der Waals surface area contributed by atoms with Crippen molar-refractivity contribution in [2.45, 2.75) is 66.1 Å². The minimum absolute atomic E-state index is 0.00648. The molecule has 1 aliphatic heterocycles. The van der Waals surface area contributed by atoms with Crippen molar-refractivity contribution in [3.63, 3.8) is 0 Å². The molecule has 1 aromatic heterocycles. The summed E-state index contributed by atoms with van der Waals surface area (Å²) in [7, 11) is 0. The van der Waals surface area contributed by atoms with Crippen LogP contribution in [0.1, 0.15) is 52.5 Å². The van der Waals surface area contributed by atoms with Crippen LogP contribution in [0.5, 0.6) is 0 Å². The number of ether oxygens (including phenoxy) is 1. The van der Waals surface area contributed by atoms with Crippen molar-refractivity contribution in [1.82, 2.24) is 25.6 Å². The molecule has 0 atom stereocenters. The molecule has 4 rings (SSSR count). The summed E-state index contributed by atoms with van der Waals surface area (Å²) in [6.45, 7) is 10.7. The largest absolute Gasteiger partial charge is 0.379 e. The van der Waals surface area contributed by atoms with Crippen LogP contribution in [-0.4, -0.2) is 64.9 Å². The molecule has 2 amide bonds. The van der Waals surface area contributed by atoms with Crippen molar-refractivity contribution in [3.05, 3.63) is 54.1 Å². The Kier molecular flexibility index (Phi) is 11.0. The first-order valence-electron chi connectivity index (χ1n) is 14.8. The fraction of sp³-hybridized carbons (Fsp3) is 0.469. The molecular weight excluding hydrogens is 532 g/mol. The van der Waals surface area contributed by atoms with Gasteiger partial charge in [-0.1, -0.05) is 75.4 Å². The highest BCUT2D eigenvalue weighted by molar-refractivity contribution is 6.01. The molecule has 0 bridgehead atoms. The molecule has 0 saturated carbocycles. The molecule has 0 radical (unpaired) electrons. The number of Topliss-reactive ketones (excluding diaryl/α,β-unsaturated/α-hetero) is 1. The Labute approximate surface area is 247 Å². The van der Waals surface area contributed by atoms with Crippen molar-refractivity contribution in [2.75, 3.05) is 31.2 Å². The maximum absolute atomic E-state index is 13.6. The summed E-state index contributed by atoms with van der Waals surface area (Å²) in [6, 6.07) is 16.1. The second-order valence-electron chi connectivity index (χ2n) is 11.1. The maximum atomic E-state index is 13.6. The number of nitrogens with zero attached hydrogens (tertiary/aromatic N) is 4. The first kappa shape index (κ1) is 31.1. The number of para-hydroxylation sites is 1. The van der Waals surface area contributed by atoms with Crippen molar-refractivity contribution < 1.29 is 19.1 Å². The summed E-state index contributed by atoms with van der Waals surface area (Å²) in [5.41, 5.74) is 5.21. The van der Waals surface area contributed by atoms with Gasteiger partial charge in [0.05, 0.1) is 37.7 Å². The number of nitrogens with one attached hydrogen (secondary N) is 2. The highest BCUT2D eigenvalue weighted by Crippen LogP contribution is 2.41. The van der Waals surface area contributed by atoms with Crippen molar-refractivity contribution in [3.8, 4) is 22.5 Å². The Bertz CT molecular complexity index is 1380. The van der Waals surface area contributed by atoms with E-state index in [1.807, 2.05) is 61.0 Å². The number of rotatable bonds is 14. The van der Waals surface area contributed by atoms with Gasteiger partial charge in [-0.05, 0) is 11.6 Å². The van der Waals surface area contributed by atoms with Gasteiger partial charge in [-0.25, -0.2) is 4.68 Å². The normalized spacial score (nSPS) is 12.4. The summed E-state index contributed by atoms with van der Waals surface area (Å²) in [4.78, 5) is 39.6. The number of benzene rings is 2. The Balaban J connectivity index is 1.45. The number of aromatic nitrogens is 3. The SMILES string of the molecule is CC(C)NCCn1nnc2c1-c1ccccc1CN(C(=O)CCC(=O)NCCOCCC(=O)C(C)C)c1ccccc1-2. The van der Waals surface area contributed by atoms with E-state index in [0.29, 0.717) is 45.3 Å². The van der Waals surface area contributed by atoms with Gasteiger partial charge in [-0.15, -0.1) is 5.10 Å². The summed E-state index contributed by atoms with van der Waals surface area (Å²) < 4.78 is 7.40. The van der Waals surface area contributed by atoms with Gasteiger partial charge in [0.15, 0.2) is 0 Å². The number of carbonyl (C=O) groups is 3. The molecular formula is C32H42N6O4. The first-order valence-corrected chi connectivity index (χ1v) is 14.8. The van der Waals surface area contributed by atoms with Crippen LogP contribution in [0.4, 0.5) is 5.69 Å². The molecule has 0 saturated heterocycles. The van der Waals surface area contributed by atoms with Crippen LogP contribution in [0.2, 0.25) is 0 Å². The number of fused-ring (bicyclic) bond motifs is 5. The van der Waals surface area contributed by atoms with E-state index in [1.165, 1.54) is 0 Å². The molecule has 3 aromatic rings. The van der Waals surface area contributed by atoms with E-state index in [4.69, 9.17) is 4.74 Å². The molecule has 0 aliphatic carbocycles. The van der Waals surface area contributed by atoms with Crippen LogP contribution in [0.25, 0.3) is 22.5 Å². The van der Waals surface area contributed by atoms with Crippen molar-refractivity contribution in [2.24, 2.45) is 5.92 Å². The third kappa shape index (κ3) is 7.89. The van der Waals surface area contributed by atoms with E-state index in [0.717, 1.165) is 40.3 Å². The zero-order valence-electron chi connectivity index (χ0n) is 25.1. The molecule has 42 heavy (non-hydrogen) atoms. The van der Waals surface area contributed by atoms with Gasteiger partial charge < -0.3 is 20.3 Å². The quantitative estimate of drug-likeness (QED) is 0.280. The van der Waals surface area contributed by atoms with Crippen LogP contribution in [-0.2, 0) is 32.2 Å². The van der Waals surface area contributed by atoms with Gasteiger partial charge >= 0.3 is 0 Å². The minimum atomic E-state index is -0.217. The summed E-state index contributed by atoms with van der Waals surface area (Å²) in [5, 5.41) is 15.3. The predicted octanol–water partition coefficient (Wildman–Crippen LogP) is 3.98. The number of anilines is 1. The minimum Gasteiger partial charge on any atom is -0.379 e. The van der Waals surface area contributed by atoms with Crippen LogP contribution in [0, 0.1) is 5.92 Å². The first-order chi connectivity index (χ1) is 20.3. The van der Waals surface area contributed by atoms with Gasteiger partial charge in [0.2, 0.25) is 11.8 Å². The van der Waals surface area contributed by atoms with Crippen molar-refractivity contribution in [1.29, 1.82) is 0 Å². The van der Waals surface area contributed by atoms with E-state index in [9.17, 15) is 14.4 Å². The molecule has 2 heterocycles. The van der Waals surface area contributed by atoms with Gasteiger partial charge in [0, 0.05) is 55.4 Å². The highest BCUT2D eigenvalue weighted by atomic mass is 16.5. The Hall–Kier alpha value is -3.89. The molecule has 0 spiro atoms. The van der Waals surface area contributed by atoms with E-state index in [1.54, 1.807) is 4.90 Å². The van der Waals surface area contributed by atoms with Crippen LogP contribution in [0.3, 0.4) is 0 Å². The van der Waals surface area contributed by atoms with Crippen LogP contribution < -0.4 is 15.5 Å². The lowest BCUT2D eigenvalue weighted by Crippen LogP contribution is -2.34. The third-order valence-electron chi connectivity index (χ3n) is 7.23. The summed E-state index contributed by atoms with van der Waals surface area (Å²) in [6.07, 6.45) is 0.495. The Morgan fingerprint density at radius 1 is 0.905 bits per heavy atom. The molecule has 0 unspecified atom stereocenters. The second-order valence-corrected chi connectivity index (χ2v) is 11.1. The zero-order chi connectivity index (χ0) is 30.1. The van der Waals surface area contributed by atoms with E-state index >= 15 is 0 Å². The Morgan fingerprint density at radius 3 is 2.40 bits per heavy atom. The summed E-state index contributed by atoms with van der Waals surface area (Å²) >= 11 is 0. The predicted molar refractivity (Wildman–Crippen MR) is 163 cm³/mol. The molecule has 2 N–H and O–H groups in total. The fourth-order valence-electron chi connectivity index (χ4n) is 4.92. The van der Waals surface area contributed by atoms with Gasteiger partial charge in [-0.3, -0.25) is 14.4 Å². The number of hydrogen-bond acceptors (Lipinski definition) is 7. The lowest BCUT2D eigenvalue weighted by molar-refractivity contribution is -0.125. The van der Waals surface area contributed by atoms with Gasteiger partial charge in [-0.2, -0.15) is 0 Å². The molecule has 2 aromatic carbocycles. The average molecular weight is 575 g/mol. The molecule has 10 heteroatoms. The average Bonchev–Trinajstić information content (AvgIpc) is 3.38. The number of carbonyl (C=O) groups excluding carboxylic acids is 3. The molecule has 1 aliphatic rings. The lowest BCUT2D eigenvalue weighted by Gasteiger charge is -2.28. The zero-order valence-corrected chi connectivity index (χ0v) is 25.1. The maximum Gasteiger partial charge on any atom is 0.227 e. The molecule has 224 valence electrons. The number of amides is 2. The summed E-state index contributed by atoms with van der Waals surface area (Å²) in [5.74, 6) is -0.210. The lowest BCUT2D eigenvalue weighted by atomic mass is 9.95. The highest BCUT2D eigenvalue weighted by Gasteiger charge is 2.29. The van der Waals surface area contributed by atoms with E-state index in [-0.39, 0.29) is 36.4 Å². The van der Waals surface area contributed by atoms with E-state index < -0.39 is 0 Å². The third-order valence-corrected chi connectivity index (χ3v) is 7.23. The van der Waals surface area contributed by atoms with Crippen molar-refractivity contribution >= 4 is 23.3 Å². The number of ketones is 1. The van der Waals surface area contributed by atoms with Gasteiger partial charge in [0.1, 0.15) is 11.5 Å². The molecule has 10 nitrogen and oxygen atoms in total. The monoisotopic (exact) mass is 574 g/mol.